The van der Waals surface area contributed by atoms with Gasteiger partial charge >= 0.3 is 6.03 Å². The molecule has 160 valence electrons. The van der Waals surface area contributed by atoms with Crippen molar-refractivity contribution < 1.29 is 14.3 Å². The van der Waals surface area contributed by atoms with Gasteiger partial charge in [-0.2, -0.15) is 0 Å². The molecule has 7 heteroatoms. The summed E-state index contributed by atoms with van der Waals surface area (Å²) in [6, 6.07) is 22.8. The molecule has 0 aliphatic heterocycles. The Morgan fingerprint density at radius 2 is 1.45 bits per heavy atom. The number of anilines is 4. The minimum atomic E-state index is -0.511. The van der Waals surface area contributed by atoms with Crippen LogP contribution >= 0.6 is 0 Å². The second-order valence-electron chi connectivity index (χ2n) is 6.81. The van der Waals surface area contributed by atoms with E-state index in [2.05, 4.69) is 21.3 Å². The fourth-order valence-corrected chi connectivity index (χ4v) is 2.91. The molecule has 0 unspecified atom stereocenters. The molecule has 0 saturated carbocycles. The van der Waals surface area contributed by atoms with E-state index < -0.39 is 6.04 Å². The van der Waals surface area contributed by atoms with Gasteiger partial charge in [-0.15, -0.1) is 0 Å². The van der Waals surface area contributed by atoms with Gasteiger partial charge in [0.25, 0.3) is 0 Å². The van der Waals surface area contributed by atoms with Crippen LogP contribution in [0.15, 0.2) is 78.9 Å². The number of hydrogen-bond donors (Lipinski definition) is 4. The Kier molecular flexibility index (Phi) is 7.48. The van der Waals surface area contributed by atoms with E-state index in [4.69, 9.17) is 4.74 Å². The maximum Gasteiger partial charge on any atom is 0.323 e. The van der Waals surface area contributed by atoms with Crippen LogP contribution in [0.4, 0.5) is 27.5 Å². The molecule has 0 aliphatic rings. The van der Waals surface area contributed by atoms with E-state index in [1.807, 2.05) is 61.5 Å². The Hall–Kier alpha value is -4.00. The summed E-state index contributed by atoms with van der Waals surface area (Å²) in [6.45, 7) is 4.17. The molecule has 3 amide bonds. The van der Waals surface area contributed by atoms with E-state index >= 15 is 0 Å². The number of carbonyl (C=O) groups is 2. The zero-order chi connectivity index (χ0) is 22.1. The standard InChI is InChI=1S/C24H26N4O3/c1-3-31-22-15-8-7-14-21(22)28-23(29)17(2)25-19-12-9-13-20(16-19)27-24(30)26-18-10-5-4-6-11-18/h4-17,25H,3H2,1-2H3,(H,28,29)(H2,26,27,30)/t17-/m1/s1. The average Bonchev–Trinajstić information content (AvgIpc) is 2.76. The largest absolute Gasteiger partial charge is 0.492 e. The number of carbonyl (C=O) groups excluding carboxylic acids is 2. The van der Waals surface area contributed by atoms with Crippen LogP contribution < -0.4 is 26.0 Å². The van der Waals surface area contributed by atoms with Gasteiger partial charge in [0.15, 0.2) is 0 Å². The monoisotopic (exact) mass is 418 g/mol. The lowest BCUT2D eigenvalue weighted by Gasteiger charge is -2.17. The average molecular weight is 418 g/mol. The summed E-state index contributed by atoms with van der Waals surface area (Å²) < 4.78 is 5.55. The fourth-order valence-electron chi connectivity index (χ4n) is 2.91. The van der Waals surface area contributed by atoms with Crippen molar-refractivity contribution in [3.05, 3.63) is 78.9 Å². The highest BCUT2D eigenvalue weighted by Gasteiger charge is 2.15. The van der Waals surface area contributed by atoms with Crippen LogP contribution in [0.25, 0.3) is 0 Å². The van der Waals surface area contributed by atoms with Gasteiger partial charge in [-0.05, 0) is 56.3 Å². The van der Waals surface area contributed by atoms with E-state index in [0.717, 1.165) is 0 Å². The number of nitrogens with one attached hydrogen (secondary N) is 4. The Bertz CT molecular complexity index is 1020. The van der Waals surface area contributed by atoms with Gasteiger partial charge in [0.05, 0.1) is 12.3 Å². The van der Waals surface area contributed by atoms with Crippen molar-refractivity contribution in [2.24, 2.45) is 0 Å². The van der Waals surface area contributed by atoms with E-state index in [9.17, 15) is 9.59 Å². The molecule has 0 aliphatic carbocycles. The van der Waals surface area contributed by atoms with Gasteiger partial charge in [0.2, 0.25) is 5.91 Å². The SMILES string of the molecule is CCOc1ccccc1NC(=O)[C@@H](C)Nc1cccc(NC(=O)Nc2ccccc2)c1. The number of amides is 3. The van der Waals surface area contributed by atoms with E-state index in [-0.39, 0.29) is 11.9 Å². The molecule has 4 N–H and O–H groups in total. The third kappa shape index (κ3) is 6.50. The Morgan fingerprint density at radius 3 is 2.23 bits per heavy atom. The van der Waals surface area contributed by atoms with Crippen molar-refractivity contribution in [3.8, 4) is 5.75 Å². The summed E-state index contributed by atoms with van der Waals surface area (Å²) in [6.07, 6.45) is 0. The molecule has 0 fully saturated rings. The predicted molar refractivity (Wildman–Crippen MR) is 125 cm³/mol. The number of rotatable bonds is 8. The van der Waals surface area contributed by atoms with Crippen LogP contribution in [0, 0.1) is 0 Å². The third-order valence-corrected chi connectivity index (χ3v) is 4.37. The third-order valence-electron chi connectivity index (χ3n) is 4.37. The molecular formula is C24H26N4O3. The van der Waals surface area contributed by atoms with Gasteiger partial charge < -0.3 is 26.0 Å². The highest BCUT2D eigenvalue weighted by molar-refractivity contribution is 6.00. The van der Waals surface area contributed by atoms with Crippen LogP contribution in [0.1, 0.15) is 13.8 Å². The highest BCUT2D eigenvalue weighted by Crippen LogP contribution is 2.24. The summed E-state index contributed by atoms with van der Waals surface area (Å²) in [5, 5.41) is 11.6. The van der Waals surface area contributed by atoms with Gasteiger partial charge in [0, 0.05) is 17.1 Å². The number of para-hydroxylation sites is 3. The molecule has 0 bridgehead atoms. The summed E-state index contributed by atoms with van der Waals surface area (Å²) >= 11 is 0. The molecule has 7 nitrogen and oxygen atoms in total. The van der Waals surface area contributed by atoms with Crippen molar-refractivity contribution in [3.63, 3.8) is 0 Å². The maximum atomic E-state index is 12.6. The molecule has 0 aromatic heterocycles. The second kappa shape index (κ2) is 10.7. The zero-order valence-corrected chi connectivity index (χ0v) is 17.5. The van der Waals surface area contributed by atoms with Gasteiger partial charge in [-0.25, -0.2) is 4.79 Å². The first-order valence-corrected chi connectivity index (χ1v) is 10.1. The zero-order valence-electron chi connectivity index (χ0n) is 17.5. The Morgan fingerprint density at radius 1 is 0.806 bits per heavy atom. The van der Waals surface area contributed by atoms with E-state index in [1.54, 1.807) is 31.2 Å². The second-order valence-corrected chi connectivity index (χ2v) is 6.81. The van der Waals surface area contributed by atoms with Crippen LogP contribution in [-0.4, -0.2) is 24.6 Å². The number of benzene rings is 3. The van der Waals surface area contributed by atoms with Crippen molar-refractivity contribution in [1.29, 1.82) is 0 Å². The lowest BCUT2D eigenvalue weighted by Crippen LogP contribution is -2.32. The predicted octanol–water partition coefficient (Wildman–Crippen LogP) is 5.17. The molecule has 0 spiro atoms. The van der Waals surface area contributed by atoms with Crippen LogP contribution in [-0.2, 0) is 4.79 Å². The van der Waals surface area contributed by atoms with Crippen molar-refractivity contribution in [2.75, 3.05) is 27.9 Å². The normalized spacial score (nSPS) is 11.2. The van der Waals surface area contributed by atoms with Crippen molar-refractivity contribution in [1.82, 2.24) is 0 Å². The highest BCUT2D eigenvalue weighted by atomic mass is 16.5. The Labute approximate surface area is 181 Å². The van der Waals surface area contributed by atoms with Crippen molar-refractivity contribution >= 4 is 34.7 Å². The minimum absolute atomic E-state index is 0.202. The minimum Gasteiger partial charge on any atom is -0.492 e. The summed E-state index contributed by atoms with van der Waals surface area (Å²) in [4.78, 5) is 24.8. The summed E-state index contributed by atoms with van der Waals surface area (Å²) in [5.41, 5.74) is 2.63. The van der Waals surface area contributed by atoms with Gasteiger partial charge in [-0.3, -0.25) is 4.79 Å². The number of ether oxygens (including phenoxy) is 1. The summed E-state index contributed by atoms with van der Waals surface area (Å²) in [7, 11) is 0. The fraction of sp³-hybridized carbons (Fsp3) is 0.167. The first kappa shape index (κ1) is 21.7. The van der Waals surface area contributed by atoms with E-state index in [0.29, 0.717) is 35.1 Å². The van der Waals surface area contributed by atoms with Gasteiger partial charge in [0.1, 0.15) is 11.8 Å². The number of hydrogen-bond acceptors (Lipinski definition) is 4. The van der Waals surface area contributed by atoms with Crippen LogP contribution in [0.5, 0.6) is 5.75 Å². The smallest absolute Gasteiger partial charge is 0.323 e. The lowest BCUT2D eigenvalue weighted by atomic mass is 10.2. The quantitative estimate of drug-likeness (QED) is 0.406. The molecule has 31 heavy (non-hydrogen) atoms. The molecule has 3 rings (SSSR count). The maximum absolute atomic E-state index is 12.6. The van der Waals surface area contributed by atoms with Crippen LogP contribution in [0.3, 0.4) is 0 Å². The van der Waals surface area contributed by atoms with E-state index in [1.165, 1.54) is 0 Å². The molecule has 0 saturated heterocycles. The lowest BCUT2D eigenvalue weighted by molar-refractivity contribution is -0.116. The topological polar surface area (TPSA) is 91.5 Å². The molecule has 0 heterocycles. The Balaban J connectivity index is 1.58. The molecule has 3 aromatic carbocycles. The first-order valence-electron chi connectivity index (χ1n) is 10.1. The molecular weight excluding hydrogens is 392 g/mol. The van der Waals surface area contributed by atoms with Crippen LogP contribution in [0.2, 0.25) is 0 Å². The van der Waals surface area contributed by atoms with Crippen molar-refractivity contribution in [2.45, 2.75) is 19.9 Å². The molecule has 1 atom stereocenters. The summed E-state index contributed by atoms with van der Waals surface area (Å²) in [5.74, 6) is 0.425. The van der Waals surface area contributed by atoms with Gasteiger partial charge in [-0.1, -0.05) is 36.4 Å². The first-order chi connectivity index (χ1) is 15.0. The number of urea groups is 1. The molecule has 3 aromatic rings. The molecule has 0 radical (unpaired) electrons.